The summed E-state index contributed by atoms with van der Waals surface area (Å²) in [7, 11) is 0. The van der Waals surface area contributed by atoms with E-state index in [1.807, 2.05) is 66.7 Å². The molecule has 1 heterocycles. The fraction of sp³-hybridized carbons (Fsp3) is 0.226. The van der Waals surface area contributed by atoms with Crippen LogP contribution in [-0.4, -0.2) is 41.2 Å². The Balaban J connectivity index is 1.31. The molecule has 6 nitrogen and oxygen atoms in total. The predicted molar refractivity (Wildman–Crippen MR) is 144 cm³/mol. The molecule has 2 unspecified atom stereocenters. The van der Waals surface area contributed by atoms with Crippen molar-refractivity contribution in [3.63, 3.8) is 0 Å². The number of nitrogens with one attached hydrogen (secondary N) is 1. The van der Waals surface area contributed by atoms with Gasteiger partial charge in [0.1, 0.15) is 0 Å². The van der Waals surface area contributed by atoms with Gasteiger partial charge in [0.2, 0.25) is 0 Å². The summed E-state index contributed by atoms with van der Waals surface area (Å²) in [5.74, 6) is -0.153. The quantitative estimate of drug-likeness (QED) is 0.339. The predicted octanol–water partition coefficient (Wildman–Crippen LogP) is 5.82. The Morgan fingerprint density at radius 1 is 0.865 bits per heavy atom. The normalized spacial score (nSPS) is 17.5. The number of amides is 2. The second-order valence-corrected chi connectivity index (χ2v) is 9.45. The minimum atomic E-state index is -0.938. The molecule has 1 aliphatic rings. The standard InChI is InChI=1S/C31H30N2O4/c34-30(32-19-22-7-2-1-3-8-22)27-12-6-11-26(18-27)28-15-16-33(31(35)36)20-29(28)37-21-23-13-14-24-9-4-5-10-25(24)17-23/h1-14,17-18,28-29H,15-16,19-21H2,(H,32,34)(H,35,36). The number of carboxylic acid groups (broad SMARTS) is 1. The van der Waals surface area contributed by atoms with Crippen LogP contribution in [0, 0.1) is 0 Å². The first-order valence-electron chi connectivity index (χ1n) is 12.6. The maximum Gasteiger partial charge on any atom is 0.407 e. The van der Waals surface area contributed by atoms with Crippen molar-refractivity contribution in [2.75, 3.05) is 13.1 Å². The summed E-state index contributed by atoms with van der Waals surface area (Å²) in [5, 5.41) is 14.9. The molecule has 0 radical (unpaired) electrons. The van der Waals surface area contributed by atoms with Crippen LogP contribution in [-0.2, 0) is 17.9 Å². The molecule has 4 aromatic carbocycles. The van der Waals surface area contributed by atoms with Crippen molar-refractivity contribution in [1.82, 2.24) is 10.2 Å². The van der Waals surface area contributed by atoms with E-state index in [2.05, 4.69) is 29.6 Å². The summed E-state index contributed by atoms with van der Waals surface area (Å²) < 4.78 is 6.37. The Hall–Kier alpha value is -4.16. The second-order valence-electron chi connectivity index (χ2n) is 9.45. The number of nitrogens with zero attached hydrogens (tertiary/aromatic N) is 1. The molecule has 0 spiro atoms. The van der Waals surface area contributed by atoms with Crippen molar-refractivity contribution >= 4 is 22.8 Å². The Morgan fingerprint density at radius 2 is 1.65 bits per heavy atom. The average molecular weight is 495 g/mol. The molecule has 0 saturated carbocycles. The van der Waals surface area contributed by atoms with Gasteiger partial charge in [-0.25, -0.2) is 4.79 Å². The van der Waals surface area contributed by atoms with E-state index in [1.165, 1.54) is 10.3 Å². The lowest BCUT2D eigenvalue weighted by molar-refractivity contribution is -0.0199. The summed E-state index contributed by atoms with van der Waals surface area (Å²) in [6, 6.07) is 31.8. The lowest BCUT2D eigenvalue weighted by atomic mass is 9.86. The van der Waals surface area contributed by atoms with Gasteiger partial charge in [0.15, 0.2) is 0 Å². The number of likely N-dealkylation sites (tertiary alicyclic amines) is 1. The highest BCUT2D eigenvalue weighted by Gasteiger charge is 2.33. The van der Waals surface area contributed by atoms with Gasteiger partial charge in [0.05, 0.1) is 19.3 Å². The summed E-state index contributed by atoms with van der Waals surface area (Å²) >= 11 is 0. The van der Waals surface area contributed by atoms with E-state index >= 15 is 0 Å². The van der Waals surface area contributed by atoms with Crippen molar-refractivity contribution in [2.24, 2.45) is 0 Å². The van der Waals surface area contributed by atoms with Crippen LogP contribution >= 0.6 is 0 Å². The third kappa shape index (κ3) is 5.98. The van der Waals surface area contributed by atoms with Crippen LogP contribution in [0.4, 0.5) is 4.79 Å². The maximum absolute atomic E-state index is 12.9. The van der Waals surface area contributed by atoms with Crippen molar-refractivity contribution in [3.8, 4) is 0 Å². The van der Waals surface area contributed by atoms with E-state index in [0.29, 0.717) is 31.7 Å². The Kier molecular flexibility index (Phi) is 7.47. The van der Waals surface area contributed by atoms with Gasteiger partial charge in [-0.15, -0.1) is 0 Å². The molecule has 0 aliphatic carbocycles. The van der Waals surface area contributed by atoms with Gasteiger partial charge >= 0.3 is 6.09 Å². The largest absolute Gasteiger partial charge is 0.465 e. The number of ether oxygens (including phenoxy) is 1. The lowest BCUT2D eigenvalue weighted by Gasteiger charge is -2.37. The molecule has 1 fully saturated rings. The Labute approximate surface area is 216 Å². The molecule has 5 rings (SSSR count). The molecule has 6 heteroatoms. The second kappa shape index (κ2) is 11.3. The van der Waals surface area contributed by atoms with Gasteiger partial charge < -0.3 is 20.1 Å². The maximum atomic E-state index is 12.9. The first-order chi connectivity index (χ1) is 18.1. The summed E-state index contributed by atoms with van der Waals surface area (Å²) in [6.07, 6.45) is -0.630. The highest BCUT2D eigenvalue weighted by atomic mass is 16.5. The molecule has 188 valence electrons. The third-order valence-electron chi connectivity index (χ3n) is 6.98. The molecule has 2 amide bonds. The first kappa shape index (κ1) is 24.5. The Bertz CT molecular complexity index is 1390. The average Bonchev–Trinajstić information content (AvgIpc) is 2.95. The molecule has 4 aromatic rings. The van der Waals surface area contributed by atoms with Crippen LogP contribution in [0.3, 0.4) is 0 Å². The monoisotopic (exact) mass is 494 g/mol. The minimum Gasteiger partial charge on any atom is -0.465 e. The van der Waals surface area contributed by atoms with Crippen LogP contribution in [0.5, 0.6) is 0 Å². The van der Waals surface area contributed by atoms with E-state index in [4.69, 9.17) is 4.74 Å². The van der Waals surface area contributed by atoms with Crippen LogP contribution in [0.15, 0.2) is 97.1 Å². The zero-order valence-corrected chi connectivity index (χ0v) is 20.5. The number of piperidine rings is 1. The van der Waals surface area contributed by atoms with E-state index in [1.54, 1.807) is 6.07 Å². The van der Waals surface area contributed by atoms with Crippen molar-refractivity contribution in [1.29, 1.82) is 0 Å². The summed E-state index contributed by atoms with van der Waals surface area (Å²) in [5.41, 5.74) is 3.65. The first-order valence-corrected chi connectivity index (χ1v) is 12.6. The minimum absolute atomic E-state index is 0.0158. The van der Waals surface area contributed by atoms with Crippen molar-refractivity contribution < 1.29 is 19.4 Å². The van der Waals surface area contributed by atoms with Crippen LogP contribution in [0.2, 0.25) is 0 Å². The van der Waals surface area contributed by atoms with Gasteiger partial charge in [-0.1, -0.05) is 78.9 Å². The van der Waals surface area contributed by atoms with Gasteiger partial charge in [-0.2, -0.15) is 0 Å². The van der Waals surface area contributed by atoms with Crippen molar-refractivity contribution in [2.45, 2.75) is 31.6 Å². The smallest absolute Gasteiger partial charge is 0.407 e. The van der Waals surface area contributed by atoms with E-state index < -0.39 is 6.09 Å². The zero-order chi connectivity index (χ0) is 25.6. The van der Waals surface area contributed by atoms with Crippen molar-refractivity contribution in [3.05, 3.63) is 119 Å². The van der Waals surface area contributed by atoms with E-state index in [0.717, 1.165) is 22.1 Å². The lowest BCUT2D eigenvalue weighted by Crippen LogP contribution is -2.46. The number of hydrogen-bond donors (Lipinski definition) is 2. The third-order valence-corrected chi connectivity index (χ3v) is 6.98. The van der Waals surface area contributed by atoms with Gasteiger partial charge in [-0.05, 0) is 52.1 Å². The van der Waals surface area contributed by atoms with Crippen LogP contribution in [0.25, 0.3) is 10.8 Å². The molecule has 0 bridgehead atoms. The number of rotatable bonds is 7. The molecule has 1 saturated heterocycles. The van der Waals surface area contributed by atoms with Gasteiger partial charge in [-0.3, -0.25) is 4.79 Å². The number of carbonyl (C=O) groups is 2. The van der Waals surface area contributed by atoms with Crippen LogP contribution < -0.4 is 5.32 Å². The molecular weight excluding hydrogens is 464 g/mol. The fourth-order valence-corrected chi connectivity index (χ4v) is 4.96. The number of benzene rings is 4. The number of fused-ring (bicyclic) bond motifs is 1. The number of carbonyl (C=O) groups excluding carboxylic acids is 1. The van der Waals surface area contributed by atoms with Gasteiger partial charge in [0, 0.05) is 24.6 Å². The summed E-state index contributed by atoms with van der Waals surface area (Å²) in [6.45, 7) is 1.56. The highest BCUT2D eigenvalue weighted by molar-refractivity contribution is 5.94. The van der Waals surface area contributed by atoms with Crippen LogP contribution in [0.1, 0.15) is 39.4 Å². The number of hydrogen-bond acceptors (Lipinski definition) is 3. The molecule has 2 atom stereocenters. The molecule has 2 N–H and O–H groups in total. The Morgan fingerprint density at radius 3 is 2.46 bits per heavy atom. The molecular formula is C31H30N2O4. The van der Waals surface area contributed by atoms with E-state index in [-0.39, 0.29) is 24.5 Å². The zero-order valence-electron chi connectivity index (χ0n) is 20.5. The van der Waals surface area contributed by atoms with E-state index in [9.17, 15) is 14.7 Å². The topological polar surface area (TPSA) is 78.9 Å². The molecule has 0 aromatic heterocycles. The van der Waals surface area contributed by atoms with Gasteiger partial charge in [0.25, 0.3) is 5.91 Å². The molecule has 37 heavy (non-hydrogen) atoms. The fourth-order valence-electron chi connectivity index (χ4n) is 4.96. The summed E-state index contributed by atoms with van der Waals surface area (Å²) in [4.78, 5) is 26.0. The SMILES string of the molecule is O=C(NCc1ccccc1)c1cccc(C2CCN(C(=O)O)CC2OCc2ccc3ccccc3c2)c1. The highest BCUT2D eigenvalue weighted by Crippen LogP contribution is 2.32. The molecule has 1 aliphatic heterocycles.